The molecule has 1 amide bonds. The van der Waals surface area contributed by atoms with Gasteiger partial charge in [0, 0.05) is 47.6 Å². The van der Waals surface area contributed by atoms with Gasteiger partial charge in [0.1, 0.15) is 17.6 Å². The Hall–Kier alpha value is -4.82. The molecule has 0 bridgehead atoms. The van der Waals surface area contributed by atoms with Crippen LogP contribution in [-0.4, -0.2) is 40.2 Å². The Morgan fingerprint density at radius 3 is 2.76 bits per heavy atom. The van der Waals surface area contributed by atoms with Gasteiger partial charge in [-0.3, -0.25) is 4.79 Å². The topological polar surface area (TPSA) is 95.5 Å². The van der Waals surface area contributed by atoms with Crippen LogP contribution in [0.15, 0.2) is 61.1 Å². The van der Waals surface area contributed by atoms with Crippen molar-refractivity contribution in [3.05, 3.63) is 72.2 Å². The predicted octanol–water partition coefficient (Wildman–Crippen LogP) is 4.50. The molecule has 4 aromatic rings. The molecule has 1 saturated heterocycles. The number of hydrogen-bond acceptors (Lipinski definition) is 6. The van der Waals surface area contributed by atoms with E-state index in [9.17, 15) is 10.1 Å². The highest BCUT2D eigenvalue weighted by molar-refractivity contribution is 5.93. The van der Waals surface area contributed by atoms with Gasteiger partial charge in [-0.1, -0.05) is 12.0 Å². The summed E-state index contributed by atoms with van der Waals surface area (Å²) in [4.78, 5) is 19.7. The maximum absolute atomic E-state index is 12.8. The highest BCUT2D eigenvalue weighted by atomic mass is 16.5. The average molecular weight is 491 g/mol. The summed E-state index contributed by atoms with van der Waals surface area (Å²) in [5.74, 6) is 4.07. The molecule has 1 aliphatic rings. The van der Waals surface area contributed by atoms with Crippen LogP contribution in [0.3, 0.4) is 0 Å². The minimum Gasteiger partial charge on any atom is -0.492 e. The zero-order valence-electron chi connectivity index (χ0n) is 20.5. The second kappa shape index (κ2) is 10.4. The maximum atomic E-state index is 12.8. The number of nitrogens with one attached hydrogen (secondary N) is 1. The third-order valence-electron chi connectivity index (χ3n) is 6.56. The third-order valence-corrected chi connectivity index (χ3v) is 6.56. The number of rotatable bonds is 6. The Balaban J connectivity index is 1.28. The number of terminal acetylenes is 1. The summed E-state index contributed by atoms with van der Waals surface area (Å²) >= 11 is 0. The Kier molecular flexibility index (Phi) is 6.74. The first-order valence-corrected chi connectivity index (χ1v) is 12.2. The minimum atomic E-state index is -0.0640. The zero-order chi connectivity index (χ0) is 25.8. The zero-order valence-corrected chi connectivity index (χ0v) is 20.5. The van der Waals surface area contributed by atoms with E-state index in [4.69, 9.17) is 16.1 Å². The van der Waals surface area contributed by atoms with Crippen molar-refractivity contribution < 1.29 is 9.53 Å². The Morgan fingerprint density at radius 1 is 1.22 bits per heavy atom. The lowest BCUT2D eigenvalue weighted by Crippen LogP contribution is -2.38. The lowest BCUT2D eigenvalue weighted by atomic mass is 9.95. The molecule has 1 fully saturated rings. The minimum absolute atomic E-state index is 0.0180. The lowest BCUT2D eigenvalue weighted by Gasteiger charge is -2.32. The predicted molar refractivity (Wildman–Crippen MR) is 142 cm³/mol. The van der Waals surface area contributed by atoms with Crippen molar-refractivity contribution in [1.29, 1.82) is 5.26 Å². The number of ether oxygens (including phenoxy) is 1. The molecule has 0 aliphatic carbocycles. The number of pyridine rings is 2. The number of piperidine rings is 1. The summed E-state index contributed by atoms with van der Waals surface area (Å²) in [7, 11) is 0. The number of anilines is 2. The van der Waals surface area contributed by atoms with Gasteiger partial charge >= 0.3 is 0 Å². The molecular weight excluding hydrogens is 464 g/mol. The molecule has 4 heterocycles. The SMILES string of the molecule is C#Cc1cccc(NC(=O)C2CCN(c3ccc(-c4cc(OCC)cn5ncc(C#N)c45)cn3)CC2)c1. The van der Waals surface area contributed by atoms with Crippen LogP contribution in [0.4, 0.5) is 11.5 Å². The number of fused-ring (bicyclic) bond motifs is 1. The summed E-state index contributed by atoms with van der Waals surface area (Å²) in [6.45, 7) is 3.92. The molecule has 184 valence electrons. The molecule has 8 heteroatoms. The smallest absolute Gasteiger partial charge is 0.227 e. The van der Waals surface area contributed by atoms with Crippen LogP contribution in [-0.2, 0) is 4.79 Å². The van der Waals surface area contributed by atoms with Gasteiger partial charge in [-0.2, -0.15) is 10.4 Å². The van der Waals surface area contributed by atoms with E-state index in [1.54, 1.807) is 23.0 Å². The van der Waals surface area contributed by atoms with Gasteiger partial charge < -0.3 is 15.0 Å². The lowest BCUT2D eigenvalue weighted by molar-refractivity contribution is -0.120. The Bertz CT molecular complexity index is 1520. The number of carbonyl (C=O) groups excluding carboxylic acids is 1. The number of carbonyl (C=O) groups is 1. The molecule has 37 heavy (non-hydrogen) atoms. The van der Waals surface area contributed by atoms with Crippen LogP contribution in [0.2, 0.25) is 0 Å². The molecule has 0 unspecified atom stereocenters. The van der Waals surface area contributed by atoms with Crippen molar-refractivity contribution in [3.63, 3.8) is 0 Å². The van der Waals surface area contributed by atoms with Gasteiger partial charge in [0.05, 0.1) is 30.1 Å². The van der Waals surface area contributed by atoms with Crippen molar-refractivity contribution >= 4 is 22.9 Å². The number of benzene rings is 1. The van der Waals surface area contributed by atoms with Crippen LogP contribution >= 0.6 is 0 Å². The third kappa shape index (κ3) is 4.96. The van der Waals surface area contributed by atoms with Crippen LogP contribution in [0.1, 0.15) is 30.9 Å². The van der Waals surface area contributed by atoms with E-state index < -0.39 is 0 Å². The molecule has 1 aromatic carbocycles. The van der Waals surface area contributed by atoms with Crippen LogP contribution in [0, 0.1) is 29.6 Å². The number of hydrogen-bond donors (Lipinski definition) is 1. The van der Waals surface area contributed by atoms with E-state index in [2.05, 4.69) is 27.3 Å². The molecule has 0 spiro atoms. The van der Waals surface area contributed by atoms with Crippen molar-refractivity contribution in [2.45, 2.75) is 19.8 Å². The van der Waals surface area contributed by atoms with E-state index in [0.717, 1.165) is 59.6 Å². The van der Waals surface area contributed by atoms with Gasteiger partial charge in [-0.05, 0) is 56.2 Å². The van der Waals surface area contributed by atoms with Crippen molar-refractivity contribution in [2.24, 2.45) is 5.92 Å². The van der Waals surface area contributed by atoms with Crippen LogP contribution in [0.5, 0.6) is 5.75 Å². The number of aromatic nitrogens is 3. The van der Waals surface area contributed by atoms with Crippen molar-refractivity contribution in [3.8, 4) is 35.3 Å². The Labute approximate surface area is 215 Å². The number of nitrogens with zero attached hydrogens (tertiary/aromatic N) is 5. The fourth-order valence-corrected chi connectivity index (χ4v) is 4.68. The second-order valence-corrected chi connectivity index (χ2v) is 8.87. The molecule has 0 radical (unpaired) electrons. The van der Waals surface area contributed by atoms with E-state index in [-0.39, 0.29) is 11.8 Å². The molecule has 5 rings (SSSR count). The summed E-state index contributed by atoms with van der Waals surface area (Å²) in [5.41, 5.74) is 4.39. The first kappa shape index (κ1) is 23.9. The van der Waals surface area contributed by atoms with Crippen molar-refractivity contribution in [1.82, 2.24) is 14.6 Å². The first-order valence-electron chi connectivity index (χ1n) is 12.2. The van der Waals surface area contributed by atoms with Gasteiger partial charge in [-0.15, -0.1) is 6.42 Å². The summed E-state index contributed by atoms with van der Waals surface area (Å²) in [5, 5.41) is 16.9. The largest absolute Gasteiger partial charge is 0.492 e. The average Bonchev–Trinajstić information content (AvgIpc) is 3.36. The van der Waals surface area contributed by atoms with E-state index >= 15 is 0 Å². The van der Waals surface area contributed by atoms with Crippen LogP contribution < -0.4 is 15.0 Å². The first-order chi connectivity index (χ1) is 18.1. The fourth-order valence-electron chi connectivity index (χ4n) is 4.68. The quantitative estimate of drug-likeness (QED) is 0.400. The molecule has 3 aromatic heterocycles. The number of nitriles is 1. The summed E-state index contributed by atoms with van der Waals surface area (Å²) in [6.07, 6.45) is 12.1. The van der Waals surface area contributed by atoms with E-state index in [0.29, 0.717) is 17.9 Å². The fraction of sp³-hybridized carbons (Fsp3) is 0.241. The standard InChI is InChI=1S/C29H26N6O2/c1-3-20-6-5-7-24(14-20)33-29(36)21-10-12-34(13-11-21)27-9-8-22(17-31-27)26-15-25(37-4-2)19-35-28(26)23(16-30)18-32-35/h1,5-9,14-15,17-19,21H,4,10-13H2,2H3,(H,33,36). The highest BCUT2D eigenvalue weighted by Gasteiger charge is 2.26. The Morgan fingerprint density at radius 2 is 2.05 bits per heavy atom. The highest BCUT2D eigenvalue weighted by Crippen LogP contribution is 2.32. The number of amides is 1. The summed E-state index contributed by atoms with van der Waals surface area (Å²) in [6, 6.07) is 15.4. The molecule has 1 aliphatic heterocycles. The molecule has 0 saturated carbocycles. The summed E-state index contributed by atoms with van der Waals surface area (Å²) < 4.78 is 7.37. The normalized spacial score (nSPS) is 13.6. The molecular formula is C29H26N6O2. The van der Waals surface area contributed by atoms with Crippen molar-refractivity contribution in [2.75, 3.05) is 29.9 Å². The second-order valence-electron chi connectivity index (χ2n) is 8.87. The molecule has 1 N–H and O–H groups in total. The van der Waals surface area contributed by atoms with Gasteiger partial charge in [0.15, 0.2) is 0 Å². The maximum Gasteiger partial charge on any atom is 0.227 e. The van der Waals surface area contributed by atoms with Crippen LogP contribution in [0.25, 0.3) is 16.6 Å². The van der Waals surface area contributed by atoms with E-state index in [1.165, 1.54) is 0 Å². The van der Waals surface area contributed by atoms with Gasteiger partial charge in [-0.25, -0.2) is 9.50 Å². The molecule has 8 nitrogen and oxygen atoms in total. The monoisotopic (exact) mass is 490 g/mol. The molecule has 0 atom stereocenters. The van der Waals surface area contributed by atoms with Gasteiger partial charge in [0.25, 0.3) is 0 Å². The van der Waals surface area contributed by atoms with E-state index in [1.807, 2.05) is 49.5 Å². The van der Waals surface area contributed by atoms with Gasteiger partial charge in [0.2, 0.25) is 5.91 Å².